The highest BCUT2D eigenvalue weighted by atomic mass is 16.1. The lowest BCUT2D eigenvalue weighted by molar-refractivity contribution is 0.775. The van der Waals surface area contributed by atoms with Crippen molar-refractivity contribution in [2.45, 2.75) is 13.1 Å². The van der Waals surface area contributed by atoms with Gasteiger partial charge in [0.15, 0.2) is 5.65 Å². The first-order chi connectivity index (χ1) is 13.3. The highest BCUT2D eigenvalue weighted by Gasteiger charge is 2.09. The topological polar surface area (TPSA) is 60.1 Å². The largest absolute Gasteiger partial charge is 0.288 e. The first-order valence-electron chi connectivity index (χ1n) is 8.80. The Kier molecular flexibility index (Phi) is 3.64. The van der Waals surface area contributed by atoms with Gasteiger partial charge in [0, 0.05) is 12.4 Å². The van der Waals surface area contributed by atoms with E-state index in [1.54, 1.807) is 10.8 Å². The van der Waals surface area contributed by atoms with Crippen LogP contribution in [0.2, 0.25) is 0 Å². The maximum Gasteiger partial charge on any atom is 0.270 e. The van der Waals surface area contributed by atoms with Gasteiger partial charge in [0.1, 0.15) is 5.52 Å². The van der Waals surface area contributed by atoms with E-state index in [-0.39, 0.29) is 5.56 Å². The second-order valence-corrected chi connectivity index (χ2v) is 6.61. The molecule has 0 fully saturated rings. The summed E-state index contributed by atoms with van der Waals surface area (Å²) in [5.41, 5.74) is 6.91. The fourth-order valence-corrected chi connectivity index (χ4v) is 3.46. The van der Waals surface area contributed by atoms with Gasteiger partial charge < -0.3 is 0 Å². The van der Waals surface area contributed by atoms with Crippen LogP contribution >= 0.6 is 0 Å². The maximum absolute atomic E-state index is 12.4. The number of nitrogens with zero attached hydrogens (tertiary/aromatic N) is 4. The van der Waals surface area contributed by atoms with E-state index in [0.717, 1.165) is 23.2 Å². The molecule has 4 aromatic rings. The molecule has 130 valence electrons. The van der Waals surface area contributed by atoms with E-state index in [4.69, 9.17) is 0 Å². The SMILES string of the molecule is O=c1cnc2cccnc2n1Cc1cccc(-c2ccc3c(c2)C=NC3)c1. The van der Waals surface area contributed by atoms with Crippen molar-refractivity contribution in [1.29, 1.82) is 0 Å². The van der Waals surface area contributed by atoms with Gasteiger partial charge in [-0.3, -0.25) is 14.4 Å². The van der Waals surface area contributed by atoms with Crippen molar-refractivity contribution >= 4 is 17.4 Å². The first kappa shape index (κ1) is 15.6. The number of hydrogen-bond acceptors (Lipinski definition) is 4. The summed E-state index contributed by atoms with van der Waals surface area (Å²) in [6.07, 6.45) is 4.97. The first-order valence-corrected chi connectivity index (χ1v) is 8.80. The van der Waals surface area contributed by atoms with Crippen LogP contribution in [0.4, 0.5) is 0 Å². The Hall–Kier alpha value is -3.60. The second-order valence-electron chi connectivity index (χ2n) is 6.61. The zero-order valence-electron chi connectivity index (χ0n) is 14.5. The van der Waals surface area contributed by atoms with Crippen molar-refractivity contribution in [1.82, 2.24) is 14.5 Å². The fourth-order valence-electron chi connectivity index (χ4n) is 3.46. The average molecular weight is 352 g/mol. The molecule has 5 heteroatoms. The number of aliphatic imine (C=N–C) groups is 1. The second kappa shape index (κ2) is 6.29. The molecule has 0 unspecified atom stereocenters. The predicted octanol–water partition coefficient (Wildman–Crippen LogP) is 3.44. The van der Waals surface area contributed by atoms with Crippen LogP contribution in [0.15, 0.2) is 76.8 Å². The minimum atomic E-state index is -0.152. The van der Waals surface area contributed by atoms with Crippen molar-refractivity contribution in [3.8, 4) is 11.1 Å². The van der Waals surface area contributed by atoms with E-state index in [0.29, 0.717) is 17.7 Å². The highest BCUT2D eigenvalue weighted by Crippen LogP contribution is 2.25. The van der Waals surface area contributed by atoms with Gasteiger partial charge in [-0.1, -0.05) is 30.3 Å². The third-order valence-electron chi connectivity index (χ3n) is 4.84. The van der Waals surface area contributed by atoms with Crippen molar-refractivity contribution < 1.29 is 0 Å². The van der Waals surface area contributed by atoms with Crippen LogP contribution in [0.1, 0.15) is 16.7 Å². The quantitative estimate of drug-likeness (QED) is 0.567. The normalized spacial score (nSPS) is 12.4. The molecule has 5 rings (SSSR count). The summed E-state index contributed by atoms with van der Waals surface area (Å²) < 4.78 is 1.66. The predicted molar refractivity (Wildman–Crippen MR) is 106 cm³/mol. The van der Waals surface area contributed by atoms with Gasteiger partial charge in [0.05, 0.1) is 19.3 Å². The van der Waals surface area contributed by atoms with Gasteiger partial charge in [0.2, 0.25) is 0 Å². The van der Waals surface area contributed by atoms with Crippen LogP contribution < -0.4 is 5.56 Å². The summed E-state index contributed by atoms with van der Waals surface area (Å²) >= 11 is 0. The Labute approximate surface area is 155 Å². The molecule has 0 aliphatic carbocycles. The smallest absolute Gasteiger partial charge is 0.270 e. The van der Waals surface area contributed by atoms with Gasteiger partial charge in [-0.2, -0.15) is 0 Å². The number of hydrogen-bond donors (Lipinski definition) is 0. The number of benzene rings is 2. The van der Waals surface area contributed by atoms with E-state index in [1.807, 2.05) is 30.5 Å². The molecule has 0 bridgehead atoms. The van der Waals surface area contributed by atoms with Crippen molar-refractivity contribution in [3.05, 3.63) is 94.0 Å². The molecule has 0 saturated carbocycles. The van der Waals surface area contributed by atoms with Crippen molar-refractivity contribution in [3.63, 3.8) is 0 Å². The molecule has 1 aliphatic rings. The third-order valence-corrected chi connectivity index (χ3v) is 4.84. The molecule has 0 atom stereocenters. The van der Waals surface area contributed by atoms with E-state index in [1.165, 1.54) is 17.3 Å². The molecule has 27 heavy (non-hydrogen) atoms. The van der Waals surface area contributed by atoms with Gasteiger partial charge in [0.25, 0.3) is 5.56 Å². The fraction of sp³-hybridized carbons (Fsp3) is 0.0909. The van der Waals surface area contributed by atoms with E-state index in [9.17, 15) is 4.79 Å². The molecule has 0 amide bonds. The minimum Gasteiger partial charge on any atom is -0.288 e. The van der Waals surface area contributed by atoms with Gasteiger partial charge in [-0.05, 0) is 52.1 Å². The third kappa shape index (κ3) is 2.83. The monoisotopic (exact) mass is 352 g/mol. The zero-order chi connectivity index (χ0) is 18.2. The van der Waals surface area contributed by atoms with Crippen LogP contribution in [-0.2, 0) is 13.1 Å². The lowest BCUT2D eigenvalue weighted by Gasteiger charge is -2.10. The van der Waals surface area contributed by atoms with Crippen LogP contribution in [0, 0.1) is 0 Å². The highest BCUT2D eigenvalue weighted by molar-refractivity contribution is 5.87. The number of fused-ring (bicyclic) bond motifs is 2. The molecule has 2 aromatic carbocycles. The standard InChI is InChI=1S/C22H16N4O/c27-21-13-25-20-5-2-8-24-22(20)26(21)14-15-3-1-4-16(9-15)17-6-7-18-11-23-12-19(18)10-17/h1-10,12-13H,11,14H2. The van der Waals surface area contributed by atoms with Gasteiger partial charge in [-0.15, -0.1) is 0 Å². The summed E-state index contributed by atoms with van der Waals surface area (Å²) in [5, 5.41) is 0. The Morgan fingerprint density at radius 1 is 0.963 bits per heavy atom. The van der Waals surface area contributed by atoms with Crippen LogP contribution in [0.25, 0.3) is 22.3 Å². The molecule has 3 heterocycles. The summed E-state index contributed by atoms with van der Waals surface area (Å²) in [6.45, 7) is 1.22. The Balaban J connectivity index is 1.55. The van der Waals surface area contributed by atoms with E-state index < -0.39 is 0 Å². The van der Waals surface area contributed by atoms with Crippen LogP contribution in [0.5, 0.6) is 0 Å². The number of aromatic nitrogens is 3. The van der Waals surface area contributed by atoms with Crippen LogP contribution in [0.3, 0.4) is 0 Å². The molecule has 2 aromatic heterocycles. The summed E-state index contributed by atoms with van der Waals surface area (Å²) in [7, 11) is 0. The molecule has 1 aliphatic heterocycles. The molecular weight excluding hydrogens is 336 g/mol. The summed E-state index contributed by atoms with van der Waals surface area (Å²) in [6, 6.07) is 18.4. The van der Waals surface area contributed by atoms with E-state index >= 15 is 0 Å². The maximum atomic E-state index is 12.4. The van der Waals surface area contributed by atoms with Gasteiger partial charge in [-0.25, -0.2) is 9.97 Å². The number of pyridine rings is 1. The Morgan fingerprint density at radius 3 is 2.85 bits per heavy atom. The molecule has 0 saturated heterocycles. The lowest BCUT2D eigenvalue weighted by atomic mass is 9.99. The van der Waals surface area contributed by atoms with Crippen molar-refractivity contribution in [2.75, 3.05) is 0 Å². The zero-order valence-corrected chi connectivity index (χ0v) is 14.5. The number of rotatable bonds is 3. The summed E-state index contributed by atoms with van der Waals surface area (Å²) in [5.74, 6) is 0. The summed E-state index contributed by atoms with van der Waals surface area (Å²) in [4.78, 5) is 25.2. The molecule has 0 spiro atoms. The van der Waals surface area contributed by atoms with Gasteiger partial charge >= 0.3 is 0 Å². The minimum absolute atomic E-state index is 0.152. The van der Waals surface area contributed by atoms with E-state index in [2.05, 4.69) is 45.3 Å². The molecule has 5 nitrogen and oxygen atoms in total. The Morgan fingerprint density at radius 2 is 1.89 bits per heavy atom. The van der Waals surface area contributed by atoms with Crippen molar-refractivity contribution in [2.24, 2.45) is 4.99 Å². The Bertz CT molecular complexity index is 1260. The average Bonchev–Trinajstić information content (AvgIpc) is 3.18. The lowest BCUT2D eigenvalue weighted by Crippen LogP contribution is -2.21. The molecule has 0 radical (unpaired) electrons. The molecule has 0 N–H and O–H groups in total. The molecular formula is C22H16N4O. The van der Waals surface area contributed by atoms with Crippen LogP contribution in [-0.4, -0.2) is 20.7 Å².